The molecule has 7 heteroatoms. The summed E-state index contributed by atoms with van der Waals surface area (Å²) in [5, 5.41) is 8.60. The van der Waals surface area contributed by atoms with E-state index >= 15 is 0 Å². The van der Waals surface area contributed by atoms with Crippen LogP contribution in [0.2, 0.25) is 0 Å². The molecule has 3 aliphatic rings. The number of para-hydroxylation sites is 2. The van der Waals surface area contributed by atoms with Crippen molar-refractivity contribution in [3.05, 3.63) is 36.2 Å². The van der Waals surface area contributed by atoms with E-state index in [9.17, 15) is 4.79 Å². The van der Waals surface area contributed by atoms with Gasteiger partial charge in [0, 0.05) is 25.2 Å². The number of aromatic nitrogens is 3. The Hall–Kier alpha value is -2.57. The molecule has 1 atom stereocenters. The minimum Gasteiger partial charge on any atom is -0.485 e. The van der Waals surface area contributed by atoms with E-state index in [0.717, 1.165) is 18.5 Å². The summed E-state index contributed by atoms with van der Waals surface area (Å²) >= 11 is 0. The Morgan fingerprint density at radius 2 is 1.85 bits per heavy atom. The highest BCUT2D eigenvalue weighted by molar-refractivity contribution is 5.82. The van der Waals surface area contributed by atoms with Crippen LogP contribution in [0.15, 0.2) is 30.5 Å². The summed E-state index contributed by atoms with van der Waals surface area (Å²) in [6.07, 6.45) is 5.78. The second-order valence-electron chi connectivity index (χ2n) is 7.32. The monoisotopic (exact) mass is 354 g/mol. The van der Waals surface area contributed by atoms with Gasteiger partial charge in [-0.1, -0.05) is 17.3 Å². The molecule has 136 valence electrons. The van der Waals surface area contributed by atoms with Crippen molar-refractivity contribution in [2.24, 2.45) is 0 Å². The van der Waals surface area contributed by atoms with E-state index < -0.39 is 6.10 Å². The van der Waals surface area contributed by atoms with Crippen LogP contribution in [0.3, 0.4) is 0 Å². The van der Waals surface area contributed by atoms with Crippen LogP contribution >= 0.6 is 0 Å². The molecule has 1 unspecified atom stereocenters. The van der Waals surface area contributed by atoms with Gasteiger partial charge < -0.3 is 14.4 Å². The minimum absolute atomic E-state index is 0.00946. The Morgan fingerprint density at radius 3 is 2.62 bits per heavy atom. The van der Waals surface area contributed by atoms with Crippen LogP contribution < -0.4 is 9.47 Å². The molecule has 2 aromatic rings. The van der Waals surface area contributed by atoms with Crippen molar-refractivity contribution in [2.75, 3.05) is 19.7 Å². The Bertz CT molecular complexity index is 809. The van der Waals surface area contributed by atoms with E-state index in [4.69, 9.17) is 9.47 Å². The Morgan fingerprint density at radius 1 is 1.08 bits per heavy atom. The number of fused-ring (bicyclic) bond motifs is 1. The van der Waals surface area contributed by atoms with Crippen molar-refractivity contribution in [2.45, 2.75) is 43.7 Å². The number of carbonyl (C=O) groups is 1. The van der Waals surface area contributed by atoms with Crippen molar-refractivity contribution < 1.29 is 14.3 Å². The van der Waals surface area contributed by atoms with Crippen LogP contribution in [0.4, 0.5) is 0 Å². The van der Waals surface area contributed by atoms with Gasteiger partial charge in [-0.3, -0.25) is 4.79 Å². The fourth-order valence-corrected chi connectivity index (χ4v) is 3.73. The van der Waals surface area contributed by atoms with Gasteiger partial charge in [0.25, 0.3) is 5.91 Å². The number of carbonyl (C=O) groups excluding carboxylic acids is 1. The van der Waals surface area contributed by atoms with Gasteiger partial charge in [-0.25, -0.2) is 4.68 Å². The van der Waals surface area contributed by atoms with Crippen molar-refractivity contribution in [1.82, 2.24) is 19.9 Å². The summed E-state index contributed by atoms with van der Waals surface area (Å²) in [6.45, 7) is 1.69. The van der Waals surface area contributed by atoms with E-state index in [0.29, 0.717) is 36.5 Å². The lowest BCUT2D eigenvalue weighted by Crippen LogP contribution is -2.49. The number of amides is 1. The number of hydrogen-bond acceptors (Lipinski definition) is 5. The molecule has 2 aliphatic heterocycles. The molecule has 1 aromatic heterocycles. The summed E-state index contributed by atoms with van der Waals surface area (Å²) in [4.78, 5) is 14.7. The molecule has 1 saturated heterocycles. The number of benzene rings is 1. The normalized spacial score (nSPS) is 23.1. The number of ether oxygens (including phenoxy) is 2. The molecule has 0 bridgehead atoms. The first-order chi connectivity index (χ1) is 12.8. The van der Waals surface area contributed by atoms with Crippen LogP contribution in [-0.4, -0.2) is 51.6 Å². The lowest BCUT2D eigenvalue weighted by atomic mass is 10.0. The van der Waals surface area contributed by atoms with Gasteiger partial charge in [0.1, 0.15) is 6.61 Å². The third-order valence-electron chi connectivity index (χ3n) is 5.46. The standard InChI is InChI=1S/C19H22N4O3/c24-19(18-12-25-16-3-1-2-4-17(16)26-18)22-9-7-14(8-10-22)23-11-15(20-21-23)13-5-6-13/h1-4,11,13-14,18H,5-10,12H2. The van der Waals surface area contributed by atoms with Crippen LogP contribution in [0.1, 0.15) is 43.3 Å². The highest BCUT2D eigenvalue weighted by atomic mass is 16.6. The topological polar surface area (TPSA) is 69.5 Å². The van der Waals surface area contributed by atoms with Gasteiger partial charge in [-0.15, -0.1) is 5.10 Å². The second kappa shape index (κ2) is 6.30. The van der Waals surface area contributed by atoms with Gasteiger partial charge in [-0.05, 0) is 37.8 Å². The summed E-state index contributed by atoms with van der Waals surface area (Å²) in [6, 6.07) is 7.80. The van der Waals surface area contributed by atoms with Gasteiger partial charge in [0.05, 0.1) is 11.7 Å². The molecule has 0 N–H and O–H groups in total. The van der Waals surface area contributed by atoms with E-state index in [2.05, 4.69) is 16.5 Å². The fourth-order valence-electron chi connectivity index (χ4n) is 3.73. The lowest BCUT2D eigenvalue weighted by molar-refractivity contribution is -0.142. The summed E-state index contributed by atoms with van der Waals surface area (Å²) in [5.41, 5.74) is 1.12. The number of hydrogen-bond donors (Lipinski definition) is 0. The van der Waals surface area contributed by atoms with Crippen molar-refractivity contribution in [1.29, 1.82) is 0 Å². The molecule has 0 radical (unpaired) electrons. The molecule has 3 heterocycles. The zero-order valence-corrected chi connectivity index (χ0v) is 14.6. The molecule has 2 fully saturated rings. The summed E-state index contributed by atoms with van der Waals surface area (Å²) < 4.78 is 13.5. The Balaban J connectivity index is 1.19. The predicted molar refractivity (Wildman–Crippen MR) is 93.2 cm³/mol. The van der Waals surface area contributed by atoms with Crippen molar-refractivity contribution in [3.63, 3.8) is 0 Å². The molecule has 7 nitrogen and oxygen atoms in total. The van der Waals surface area contributed by atoms with Gasteiger partial charge in [-0.2, -0.15) is 0 Å². The maximum atomic E-state index is 12.8. The van der Waals surface area contributed by atoms with Crippen LogP contribution in [0.25, 0.3) is 0 Å². The van der Waals surface area contributed by atoms with E-state index in [1.54, 1.807) is 0 Å². The SMILES string of the molecule is O=C(C1COc2ccccc2O1)N1CCC(n2cc(C3CC3)nn2)CC1. The predicted octanol–water partition coefficient (Wildman–Crippen LogP) is 2.16. The first-order valence-corrected chi connectivity index (χ1v) is 9.37. The molecule has 1 aliphatic carbocycles. The maximum absolute atomic E-state index is 12.8. The highest BCUT2D eigenvalue weighted by Crippen LogP contribution is 2.39. The van der Waals surface area contributed by atoms with Gasteiger partial charge in [0.2, 0.25) is 6.10 Å². The third kappa shape index (κ3) is 2.91. The average molecular weight is 354 g/mol. The van der Waals surface area contributed by atoms with Crippen LogP contribution in [0.5, 0.6) is 11.5 Å². The minimum atomic E-state index is -0.561. The number of piperidine rings is 1. The average Bonchev–Trinajstić information content (AvgIpc) is 3.44. The molecule has 1 amide bonds. The smallest absolute Gasteiger partial charge is 0.267 e. The van der Waals surface area contributed by atoms with Gasteiger partial charge >= 0.3 is 0 Å². The largest absolute Gasteiger partial charge is 0.485 e. The number of likely N-dealkylation sites (tertiary alicyclic amines) is 1. The maximum Gasteiger partial charge on any atom is 0.267 e. The highest BCUT2D eigenvalue weighted by Gasteiger charge is 2.34. The molecule has 5 rings (SSSR count). The summed E-state index contributed by atoms with van der Waals surface area (Å²) in [5.74, 6) is 1.97. The van der Waals surface area contributed by atoms with Gasteiger partial charge in [0.15, 0.2) is 11.5 Å². The molecule has 1 saturated carbocycles. The Labute approximate surface area is 151 Å². The molecular formula is C19H22N4O3. The zero-order chi connectivity index (χ0) is 17.5. The molecule has 26 heavy (non-hydrogen) atoms. The molecule has 0 spiro atoms. The van der Waals surface area contributed by atoms with E-state index in [-0.39, 0.29) is 12.5 Å². The molecular weight excluding hydrogens is 332 g/mol. The second-order valence-corrected chi connectivity index (χ2v) is 7.32. The first kappa shape index (κ1) is 15.7. The summed E-state index contributed by atoms with van der Waals surface area (Å²) in [7, 11) is 0. The van der Waals surface area contributed by atoms with Crippen LogP contribution in [0, 0.1) is 0 Å². The van der Waals surface area contributed by atoms with E-state index in [1.165, 1.54) is 12.8 Å². The van der Waals surface area contributed by atoms with E-state index in [1.807, 2.05) is 33.8 Å². The third-order valence-corrected chi connectivity index (χ3v) is 5.46. The number of rotatable bonds is 3. The van der Waals surface area contributed by atoms with Crippen molar-refractivity contribution in [3.8, 4) is 11.5 Å². The van der Waals surface area contributed by atoms with Crippen LogP contribution in [-0.2, 0) is 4.79 Å². The lowest BCUT2D eigenvalue weighted by Gasteiger charge is -2.35. The zero-order valence-electron chi connectivity index (χ0n) is 14.6. The Kier molecular flexibility index (Phi) is 3.80. The first-order valence-electron chi connectivity index (χ1n) is 9.37. The fraction of sp³-hybridized carbons (Fsp3) is 0.526. The quantitative estimate of drug-likeness (QED) is 0.845. The number of nitrogens with zero attached hydrogens (tertiary/aromatic N) is 4. The molecule has 1 aromatic carbocycles. The van der Waals surface area contributed by atoms with Crippen molar-refractivity contribution >= 4 is 5.91 Å².